The minimum absolute atomic E-state index is 0.0666. The minimum Gasteiger partial charge on any atom is -0.481 e. The first kappa shape index (κ1) is 17.0. The summed E-state index contributed by atoms with van der Waals surface area (Å²) in [7, 11) is 1.71. The van der Waals surface area contributed by atoms with Crippen LogP contribution in [0.25, 0.3) is 0 Å². The van der Waals surface area contributed by atoms with Gasteiger partial charge in [-0.3, -0.25) is 4.79 Å². The van der Waals surface area contributed by atoms with E-state index >= 15 is 0 Å². The third kappa shape index (κ3) is 5.45. The second kappa shape index (κ2) is 7.67. The van der Waals surface area contributed by atoms with E-state index < -0.39 is 5.97 Å². The number of rotatable bonds is 6. The molecule has 0 saturated carbocycles. The number of carboxylic acid groups (broad SMARTS) is 1. The molecule has 1 atom stereocenters. The molecule has 0 fully saturated rings. The molecular formula is C16H24N2O3. The molecule has 21 heavy (non-hydrogen) atoms. The highest BCUT2D eigenvalue weighted by atomic mass is 16.4. The van der Waals surface area contributed by atoms with Crippen molar-refractivity contribution in [2.45, 2.75) is 39.8 Å². The normalized spacial score (nSPS) is 12.0. The summed E-state index contributed by atoms with van der Waals surface area (Å²) in [5, 5.41) is 11.7. The van der Waals surface area contributed by atoms with E-state index in [0.717, 1.165) is 11.1 Å². The first-order valence-electron chi connectivity index (χ1n) is 7.09. The molecule has 1 aromatic rings. The van der Waals surface area contributed by atoms with Gasteiger partial charge in [-0.1, -0.05) is 38.1 Å². The molecular weight excluding hydrogens is 268 g/mol. The fraction of sp³-hybridized carbons (Fsp3) is 0.500. The molecule has 0 saturated heterocycles. The summed E-state index contributed by atoms with van der Waals surface area (Å²) in [6.07, 6.45) is -0.0678. The molecule has 0 aliphatic heterocycles. The van der Waals surface area contributed by atoms with Crippen LogP contribution < -0.4 is 5.32 Å². The molecule has 2 amide bonds. The lowest BCUT2D eigenvalue weighted by molar-refractivity contribution is -0.137. The van der Waals surface area contributed by atoms with Gasteiger partial charge in [-0.05, 0) is 24.0 Å². The summed E-state index contributed by atoms with van der Waals surface area (Å²) in [6, 6.07) is 7.27. The van der Waals surface area contributed by atoms with Gasteiger partial charge in [-0.2, -0.15) is 0 Å². The largest absolute Gasteiger partial charge is 0.481 e. The van der Waals surface area contributed by atoms with Gasteiger partial charge in [0.25, 0.3) is 0 Å². The highest BCUT2D eigenvalue weighted by molar-refractivity contribution is 5.75. The van der Waals surface area contributed by atoms with Crippen LogP contribution in [0.3, 0.4) is 0 Å². The number of carboxylic acids is 1. The van der Waals surface area contributed by atoms with Crippen LogP contribution in [0, 0.1) is 12.8 Å². The topological polar surface area (TPSA) is 69.6 Å². The van der Waals surface area contributed by atoms with E-state index in [-0.39, 0.29) is 24.4 Å². The molecule has 0 radical (unpaired) electrons. The van der Waals surface area contributed by atoms with Crippen LogP contribution >= 0.6 is 0 Å². The van der Waals surface area contributed by atoms with E-state index in [1.165, 1.54) is 0 Å². The van der Waals surface area contributed by atoms with E-state index in [9.17, 15) is 9.59 Å². The summed E-state index contributed by atoms with van der Waals surface area (Å²) in [6.45, 7) is 6.29. The van der Waals surface area contributed by atoms with Gasteiger partial charge in [0.2, 0.25) is 0 Å². The smallest absolute Gasteiger partial charge is 0.317 e. The van der Waals surface area contributed by atoms with Gasteiger partial charge in [-0.15, -0.1) is 0 Å². The predicted molar refractivity (Wildman–Crippen MR) is 82.1 cm³/mol. The van der Waals surface area contributed by atoms with Gasteiger partial charge in [0.05, 0.1) is 6.42 Å². The number of hydrogen-bond donors (Lipinski definition) is 2. The SMILES string of the molecule is Cc1ccccc1CN(C)C(=O)NC(CC(=O)O)C(C)C. The Morgan fingerprint density at radius 3 is 2.43 bits per heavy atom. The summed E-state index contributed by atoms with van der Waals surface area (Å²) in [4.78, 5) is 24.6. The molecule has 0 aliphatic rings. The number of carbonyl (C=O) groups excluding carboxylic acids is 1. The monoisotopic (exact) mass is 292 g/mol. The summed E-state index contributed by atoms with van der Waals surface area (Å²) in [5.41, 5.74) is 2.21. The molecule has 0 aromatic heterocycles. The molecule has 1 rings (SSSR count). The van der Waals surface area contributed by atoms with Crippen molar-refractivity contribution in [1.29, 1.82) is 0 Å². The summed E-state index contributed by atoms with van der Waals surface area (Å²) < 4.78 is 0. The first-order chi connectivity index (χ1) is 9.81. The van der Waals surface area contributed by atoms with Gasteiger partial charge >= 0.3 is 12.0 Å². The van der Waals surface area contributed by atoms with Crippen LogP contribution in [0.5, 0.6) is 0 Å². The Labute approximate surface area is 126 Å². The molecule has 1 unspecified atom stereocenters. The maximum atomic E-state index is 12.2. The zero-order chi connectivity index (χ0) is 16.0. The van der Waals surface area contributed by atoms with Crippen molar-refractivity contribution >= 4 is 12.0 Å². The van der Waals surface area contributed by atoms with Crippen molar-refractivity contribution in [3.63, 3.8) is 0 Å². The Bertz CT molecular complexity index is 500. The standard InChI is InChI=1S/C16H24N2O3/c1-11(2)14(9-15(19)20)17-16(21)18(4)10-13-8-6-5-7-12(13)3/h5-8,11,14H,9-10H2,1-4H3,(H,17,21)(H,19,20). The Hall–Kier alpha value is -2.04. The van der Waals surface area contributed by atoms with Crippen LogP contribution in [0.4, 0.5) is 4.79 Å². The quantitative estimate of drug-likeness (QED) is 0.847. The van der Waals surface area contributed by atoms with Crippen molar-refractivity contribution in [3.05, 3.63) is 35.4 Å². The van der Waals surface area contributed by atoms with E-state index in [0.29, 0.717) is 6.54 Å². The first-order valence-corrected chi connectivity index (χ1v) is 7.09. The van der Waals surface area contributed by atoms with Crippen LogP contribution in [0.2, 0.25) is 0 Å². The fourth-order valence-electron chi connectivity index (χ4n) is 2.03. The van der Waals surface area contributed by atoms with Crippen LogP contribution in [0.15, 0.2) is 24.3 Å². The second-order valence-electron chi connectivity index (χ2n) is 5.68. The maximum Gasteiger partial charge on any atom is 0.317 e. The van der Waals surface area contributed by atoms with E-state index in [2.05, 4.69) is 5.32 Å². The number of amides is 2. The third-order valence-electron chi connectivity index (χ3n) is 3.52. The number of nitrogens with one attached hydrogen (secondary N) is 1. The van der Waals surface area contributed by atoms with Crippen molar-refractivity contribution in [1.82, 2.24) is 10.2 Å². The van der Waals surface area contributed by atoms with E-state index in [4.69, 9.17) is 5.11 Å². The van der Waals surface area contributed by atoms with Crippen LogP contribution in [-0.2, 0) is 11.3 Å². The lowest BCUT2D eigenvalue weighted by Crippen LogP contribution is -2.45. The van der Waals surface area contributed by atoms with Crippen LogP contribution in [-0.4, -0.2) is 35.1 Å². The molecule has 0 aliphatic carbocycles. The van der Waals surface area contributed by atoms with Crippen LogP contribution in [0.1, 0.15) is 31.4 Å². The second-order valence-corrected chi connectivity index (χ2v) is 5.68. The number of aliphatic carboxylic acids is 1. The Morgan fingerprint density at radius 2 is 1.90 bits per heavy atom. The van der Waals surface area contributed by atoms with Gasteiger partial charge < -0.3 is 15.3 Å². The zero-order valence-electron chi connectivity index (χ0n) is 13.1. The number of hydrogen-bond acceptors (Lipinski definition) is 2. The van der Waals surface area contributed by atoms with Gasteiger partial charge in [0.15, 0.2) is 0 Å². The molecule has 1 aromatic carbocycles. The molecule has 0 bridgehead atoms. The lowest BCUT2D eigenvalue weighted by Gasteiger charge is -2.25. The summed E-state index contributed by atoms with van der Waals surface area (Å²) >= 11 is 0. The lowest BCUT2D eigenvalue weighted by atomic mass is 10.0. The van der Waals surface area contributed by atoms with Crippen molar-refractivity contribution in [3.8, 4) is 0 Å². The van der Waals surface area contributed by atoms with Crippen molar-refractivity contribution in [2.24, 2.45) is 5.92 Å². The average Bonchev–Trinajstić information content (AvgIpc) is 2.39. The third-order valence-corrected chi connectivity index (χ3v) is 3.52. The fourth-order valence-corrected chi connectivity index (χ4v) is 2.03. The number of carbonyl (C=O) groups is 2. The van der Waals surface area contributed by atoms with E-state index in [1.807, 2.05) is 45.0 Å². The Balaban J connectivity index is 2.65. The molecule has 5 nitrogen and oxygen atoms in total. The molecule has 0 spiro atoms. The Morgan fingerprint density at radius 1 is 1.29 bits per heavy atom. The minimum atomic E-state index is -0.907. The Kier molecular flexibility index (Phi) is 6.21. The number of nitrogens with zero attached hydrogens (tertiary/aromatic N) is 1. The zero-order valence-corrected chi connectivity index (χ0v) is 13.1. The summed E-state index contributed by atoms with van der Waals surface area (Å²) in [5.74, 6) is -0.840. The number of benzene rings is 1. The predicted octanol–water partition coefficient (Wildman–Crippen LogP) is 2.64. The average molecular weight is 292 g/mol. The molecule has 5 heteroatoms. The van der Waals surface area contributed by atoms with Crippen molar-refractivity contribution < 1.29 is 14.7 Å². The van der Waals surface area contributed by atoms with Gasteiger partial charge in [-0.25, -0.2) is 4.79 Å². The molecule has 0 heterocycles. The molecule has 2 N–H and O–H groups in total. The van der Waals surface area contributed by atoms with E-state index in [1.54, 1.807) is 11.9 Å². The maximum absolute atomic E-state index is 12.2. The highest BCUT2D eigenvalue weighted by Gasteiger charge is 2.21. The number of urea groups is 1. The van der Waals surface area contributed by atoms with Gasteiger partial charge in [0.1, 0.15) is 0 Å². The number of aryl methyl sites for hydroxylation is 1. The van der Waals surface area contributed by atoms with Crippen molar-refractivity contribution in [2.75, 3.05) is 7.05 Å². The highest BCUT2D eigenvalue weighted by Crippen LogP contribution is 2.11. The van der Waals surface area contributed by atoms with Gasteiger partial charge in [0, 0.05) is 19.6 Å². The molecule has 116 valence electrons.